The number of thiazole rings is 1. The van der Waals surface area contributed by atoms with Gasteiger partial charge in [-0.15, -0.1) is 35.3 Å². The molecule has 0 unspecified atom stereocenters. The lowest BCUT2D eigenvalue weighted by Crippen LogP contribution is -2.38. The fourth-order valence-electron chi connectivity index (χ4n) is 2.47. The van der Waals surface area contributed by atoms with Crippen LogP contribution in [0.2, 0.25) is 0 Å². The Balaban J connectivity index is 0.00000208. The predicted octanol–water partition coefficient (Wildman–Crippen LogP) is 4.02. The average molecular weight is 456 g/mol. The van der Waals surface area contributed by atoms with Gasteiger partial charge in [0.15, 0.2) is 5.96 Å². The summed E-state index contributed by atoms with van der Waals surface area (Å²) in [7, 11) is 3.78. The van der Waals surface area contributed by atoms with Gasteiger partial charge in [-0.25, -0.2) is 4.98 Å². The lowest BCUT2D eigenvalue weighted by Gasteiger charge is -2.20. The van der Waals surface area contributed by atoms with E-state index in [1.807, 2.05) is 38.2 Å². The Hall–Kier alpha value is -1.61. The van der Waals surface area contributed by atoms with Crippen molar-refractivity contribution in [3.05, 3.63) is 52.2 Å². The van der Waals surface area contributed by atoms with Gasteiger partial charge in [-0.3, -0.25) is 4.99 Å². The van der Waals surface area contributed by atoms with Crippen molar-refractivity contribution >= 4 is 52.2 Å². The molecule has 0 radical (unpaired) electrons. The van der Waals surface area contributed by atoms with Crippen molar-refractivity contribution in [3.8, 4) is 0 Å². The van der Waals surface area contributed by atoms with Crippen molar-refractivity contribution in [1.29, 1.82) is 0 Å². The molecule has 0 atom stereocenters. The van der Waals surface area contributed by atoms with Gasteiger partial charge in [-0.2, -0.15) is 0 Å². The molecule has 7 heteroatoms. The van der Waals surface area contributed by atoms with Crippen LogP contribution in [0.25, 0.3) is 11.0 Å². The second-order valence-corrected chi connectivity index (χ2v) is 6.43. The van der Waals surface area contributed by atoms with E-state index >= 15 is 0 Å². The van der Waals surface area contributed by atoms with Crippen LogP contribution in [0.5, 0.6) is 0 Å². The van der Waals surface area contributed by atoms with Gasteiger partial charge in [-0.05, 0) is 19.1 Å². The number of aryl methyl sites for hydroxylation is 1. The maximum atomic E-state index is 5.82. The monoisotopic (exact) mass is 456 g/mol. The maximum Gasteiger partial charge on any atom is 0.194 e. The molecule has 1 aromatic carbocycles. The summed E-state index contributed by atoms with van der Waals surface area (Å²) in [5.74, 6) is 1.71. The van der Waals surface area contributed by atoms with Gasteiger partial charge in [0, 0.05) is 24.9 Å². The summed E-state index contributed by atoms with van der Waals surface area (Å²) in [6.45, 7) is 3.34. The summed E-state index contributed by atoms with van der Waals surface area (Å²) >= 11 is 1.67. The van der Waals surface area contributed by atoms with E-state index < -0.39 is 0 Å². The minimum atomic E-state index is 0. The Kier molecular flexibility index (Phi) is 6.61. The highest BCUT2D eigenvalue weighted by Crippen LogP contribution is 2.18. The summed E-state index contributed by atoms with van der Waals surface area (Å²) in [6.07, 6.45) is 0. The first kappa shape index (κ1) is 18.7. The zero-order valence-electron chi connectivity index (χ0n) is 13.9. The molecule has 2 heterocycles. The van der Waals surface area contributed by atoms with Gasteiger partial charge in [0.05, 0.1) is 23.8 Å². The van der Waals surface area contributed by atoms with Crippen LogP contribution in [0, 0.1) is 6.92 Å². The van der Waals surface area contributed by atoms with Crippen molar-refractivity contribution in [2.75, 3.05) is 14.1 Å². The lowest BCUT2D eigenvalue weighted by molar-refractivity contribution is 0.461. The van der Waals surface area contributed by atoms with Crippen LogP contribution in [-0.4, -0.2) is 29.9 Å². The van der Waals surface area contributed by atoms with Gasteiger partial charge in [0.2, 0.25) is 0 Å². The Morgan fingerprint density at radius 2 is 2.17 bits per heavy atom. The van der Waals surface area contributed by atoms with E-state index in [0.29, 0.717) is 6.54 Å². The van der Waals surface area contributed by atoms with Crippen molar-refractivity contribution in [3.63, 3.8) is 0 Å². The molecule has 0 saturated heterocycles. The zero-order valence-corrected chi connectivity index (χ0v) is 17.1. The fourth-order valence-corrected chi connectivity index (χ4v) is 3.08. The molecule has 0 aliphatic heterocycles. The van der Waals surface area contributed by atoms with E-state index in [0.717, 1.165) is 39.9 Å². The van der Waals surface area contributed by atoms with Gasteiger partial charge < -0.3 is 14.6 Å². The number of aromatic nitrogens is 1. The topological polar surface area (TPSA) is 53.7 Å². The molecule has 5 nitrogen and oxygen atoms in total. The number of guanidine groups is 1. The molecule has 0 aliphatic carbocycles. The van der Waals surface area contributed by atoms with Crippen molar-refractivity contribution in [2.45, 2.75) is 20.0 Å². The molecule has 0 saturated carbocycles. The van der Waals surface area contributed by atoms with Gasteiger partial charge in [-0.1, -0.05) is 18.2 Å². The van der Waals surface area contributed by atoms with Gasteiger partial charge >= 0.3 is 0 Å². The first-order chi connectivity index (χ1) is 11.2. The van der Waals surface area contributed by atoms with Gasteiger partial charge in [0.25, 0.3) is 0 Å². The summed E-state index contributed by atoms with van der Waals surface area (Å²) in [4.78, 5) is 10.9. The summed E-state index contributed by atoms with van der Waals surface area (Å²) in [6, 6.07) is 10.1. The molecule has 0 bridgehead atoms. The number of benzene rings is 1. The van der Waals surface area contributed by atoms with Gasteiger partial charge in [0.1, 0.15) is 11.3 Å². The predicted molar refractivity (Wildman–Crippen MR) is 110 cm³/mol. The third-order valence-corrected chi connectivity index (χ3v) is 4.36. The Bertz CT molecular complexity index is 794. The first-order valence-electron chi connectivity index (χ1n) is 7.46. The SMILES string of the molecule is CN=C(NCc1cc2ccccc2o1)N(C)Cc1csc(C)n1.I. The molecule has 1 N–H and O–H groups in total. The van der Waals surface area contributed by atoms with E-state index in [-0.39, 0.29) is 24.0 Å². The largest absolute Gasteiger partial charge is 0.459 e. The normalized spacial score (nSPS) is 11.4. The Morgan fingerprint density at radius 1 is 1.38 bits per heavy atom. The number of hydrogen-bond acceptors (Lipinski definition) is 4. The molecule has 2 aromatic heterocycles. The highest BCUT2D eigenvalue weighted by Gasteiger charge is 2.10. The minimum absolute atomic E-state index is 0. The third-order valence-electron chi connectivity index (χ3n) is 3.54. The fraction of sp³-hybridized carbons (Fsp3) is 0.294. The van der Waals surface area contributed by atoms with E-state index in [1.165, 1.54) is 0 Å². The lowest BCUT2D eigenvalue weighted by atomic mass is 10.2. The number of fused-ring (bicyclic) bond motifs is 1. The summed E-state index contributed by atoms with van der Waals surface area (Å²) in [5, 5.41) is 7.61. The molecule has 3 rings (SSSR count). The molecule has 0 spiro atoms. The highest BCUT2D eigenvalue weighted by atomic mass is 127. The molecular formula is C17H21IN4OS. The minimum Gasteiger partial charge on any atom is -0.459 e. The van der Waals surface area contributed by atoms with E-state index in [1.54, 1.807) is 18.4 Å². The highest BCUT2D eigenvalue weighted by molar-refractivity contribution is 14.0. The third kappa shape index (κ3) is 4.47. The first-order valence-corrected chi connectivity index (χ1v) is 8.34. The Labute approximate surface area is 162 Å². The maximum absolute atomic E-state index is 5.82. The smallest absolute Gasteiger partial charge is 0.194 e. The number of furan rings is 1. The van der Waals surface area contributed by atoms with Crippen molar-refractivity contribution in [1.82, 2.24) is 15.2 Å². The van der Waals surface area contributed by atoms with Crippen LogP contribution < -0.4 is 5.32 Å². The van der Waals surface area contributed by atoms with E-state index in [2.05, 4.69) is 31.6 Å². The number of nitrogens with zero attached hydrogens (tertiary/aromatic N) is 3. The number of halogens is 1. The number of para-hydroxylation sites is 1. The molecule has 3 aromatic rings. The van der Waals surface area contributed by atoms with Crippen LogP contribution in [0.3, 0.4) is 0 Å². The second-order valence-electron chi connectivity index (χ2n) is 5.37. The molecule has 128 valence electrons. The van der Waals surface area contributed by atoms with E-state index in [4.69, 9.17) is 4.42 Å². The Morgan fingerprint density at radius 3 is 2.83 bits per heavy atom. The van der Waals surface area contributed by atoms with Crippen LogP contribution in [0.4, 0.5) is 0 Å². The number of rotatable bonds is 4. The van der Waals surface area contributed by atoms with Crippen LogP contribution in [-0.2, 0) is 13.1 Å². The number of hydrogen-bond donors (Lipinski definition) is 1. The number of aliphatic imine (C=N–C) groups is 1. The molecular weight excluding hydrogens is 435 g/mol. The zero-order chi connectivity index (χ0) is 16.2. The standard InChI is InChI=1S/C17H20N4OS.HI/c1-12-20-14(11-23-12)10-21(3)17(18-2)19-9-15-8-13-6-4-5-7-16(13)22-15;/h4-8,11H,9-10H2,1-3H3,(H,18,19);1H. The number of nitrogens with one attached hydrogen (secondary N) is 1. The van der Waals surface area contributed by atoms with Crippen LogP contribution in [0.1, 0.15) is 16.5 Å². The van der Waals surface area contributed by atoms with Crippen molar-refractivity contribution < 1.29 is 4.42 Å². The second kappa shape index (κ2) is 8.48. The molecule has 0 fully saturated rings. The quantitative estimate of drug-likeness (QED) is 0.366. The van der Waals surface area contributed by atoms with E-state index in [9.17, 15) is 0 Å². The summed E-state index contributed by atoms with van der Waals surface area (Å²) < 4.78 is 5.82. The molecule has 24 heavy (non-hydrogen) atoms. The van der Waals surface area contributed by atoms with Crippen LogP contribution >= 0.6 is 35.3 Å². The molecule has 0 aliphatic rings. The summed E-state index contributed by atoms with van der Waals surface area (Å²) in [5.41, 5.74) is 1.97. The molecule has 0 amide bonds. The average Bonchev–Trinajstić information content (AvgIpc) is 3.13. The van der Waals surface area contributed by atoms with Crippen molar-refractivity contribution in [2.24, 2.45) is 4.99 Å². The van der Waals surface area contributed by atoms with Crippen LogP contribution in [0.15, 0.2) is 45.1 Å².